The summed E-state index contributed by atoms with van der Waals surface area (Å²) in [5.41, 5.74) is 0. The van der Waals surface area contributed by atoms with E-state index in [1.54, 1.807) is 0 Å². The van der Waals surface area contributed by atoms with Crippen LogP contribution in [0.3, 0.4) is 0 Å². The third-order valence-corrected chi connectivity index (χ3v) is 4.64. The maximum absolute atomic E-state index is 9.52. The molecular formula is C21H42O3. The average molecular weight is 343 g/mol. The van der Waals surface area contributed by atoms with Crippen LogP contribution in [0.4, 0.5) is 0 Å². The molecule has 0 saturated heterocycles. The quantitative estimate of drug-likeness (QED) is 0.239. The molecule has 0 spiro atoms. The molecule has 0 radical (unpaired) electrons. The Morgan fingerprint density at radius 1 is 0.625 bits per heavy atom. The fourth-order valence-electron chi connectivity index (χ4n) is 2.92. The van der Waals surface area contributed by atoms with Gasteiger partial charge in [0.05, 0.1) is 12.7 Å². The zero-order chi connectivity index (χ0) is 17.9. The van der Waals surface area contributed by atoms with Crippen molar-refractivity contribution in [2.24, 2.45) is 0 Å². The van der Waals surface area contributed by atoms with E-state index in [0.29, 0.717) is 6.42 Å². The Morgan fingerprint density at radius 2 is 1.08 bits per heavy atom. The van der Waals surface area contributed by atoms with Gasteiger partial charge in [0.2, 0.25) is 0 Å². The molecule has 0 amide bonds. The number of unbranched alkanes of at least 4 members (excludes halogenated alkanes) is 12. The summed E-state index contributed by atoms with van der Waals surface area (Å²) < 4.78 is 0. The molecule has 0 aliphatic carbocycles. The van der Waals surface area contributed by atoms with Gasteiger partial charge in [-0.05, 0) is 32.1 Å². The lowest BCUT2D eigenvalue weighted by Gasteiger charge is -2.14. The molecule has 0 aliphatic heterocycles. The van der Waals surface area contributed by atoms with Crippen LogP contribution in [0, 0.1) is 0 Å². The highest BCUT2D eigenvalue weighted by Gasteiger charge is 2.13. The summed E-state index contributed by atoms with van der Waals surface area (Å²) in [6, 6.07) is 0. The first-order valence-electron chi connectivity index (χ1n) is 10.3. The number of hydrogen-bond acceptors (Lipinski definition) is 3. The number of hydrogen-bond donors (Lipinski definition) is 3. The van der Waals surface area contributed by atoms with Gasteiger partial charge in [0, 0.05) is 0 Å². The summed E-state index contributed by atoms with van der Waals surface area (Å²) in [6.07, 6.45) is 21.3. The maximum atomic E-state index is 9.52. The van der Waals surface area contributed by atoms with Crippen molar-refractivity contribution in [3.05, 3.63) is 12.2 Å². The molecule has 0 heterocycles. The molecule has 0 aromatic carbocycles. The highest BCUT2D eigenvalue weighted by molar-refractivity contribution is 4.81. The van der Waals surface area contributed by atoms with E-state index in [1.165, 1.54) is 77.0 Å². The summed E-state index contributed by atoms with van der Waals surface area (Å²) in [5, 5.41) is 27.5. The van der Waals surface area contributed by atoms with Crippen molar-refractivity contribution >= 4 is 0 Å². The summed E-state index contributed by atoms with van der Waals surface area (Å²) in [5.74, 6) is 0. The van der Waals surface area contributed by atoms with Gasteiger partial charge in [-0.25, -0.2) is 0 Å². The van der Waals surface area contributed by atoms with Crippen LogP contribution >= 0.6 is 0 Å². The Balaban J connectivity index is 3.18. The molecule has 3 N–H and O–H groups in total. The minimum atomic E-state index is -0.979. The van der Waals surface area contributed by atoms with Gasteiger partial charge in [-0.2, -0.15) is 0 Å². The highest BCUT2D eigenvalue weighted by atomic mass is 16.4. The van der Waals surface area contributed by atoms with E-state index in [-0.39, 0.29) is 6.61 Å². The van der Waals surface area contributed by atoms with E-state index >= 15 is 0 Å². The van der Waals surface area contributed by atoms with Crippen LogP contribution < -0.4 is 0 Å². The number of aliphatic hydroxyl groups excluding tert-OH is 3. The first-order valence-corrected chi connectivity index (χ1v) is 10.3. The van der Waals surface area contributed by atoms with Crippen molar-refractivity contribution in [1.29, 1.82) is 0 Å². The topological polar surface area (TPSA) is 60.7 Å². The SMILES string of the molecule is CCCCCCCC/C=C/CCCCCCCCC(O)C(O)CO. The molecular weight excluding hydrogens is 300 g/mol. The standard InChI is InChI=1S/C21H42O3/c1-2-3-4-5-6-7-8-9-10-11-12-13-14-15-16-17-18-20(23)21(24)19-22/h9-10,20-24H,2-8,11-19H2,1H3/b10-9+. The van der Waals surface area contributed by atoms with E-state index in [4.69, 9.17) is 5.11 Å². The summed E-state index contributed by atoms with van der Waals surface area (Å²) in [6.45, 7) is 1.91. The lowest BCUT2D eigenvalue weighted by Crippen LogP contribution is -2.28. The zero-order valence-electron chi connectivity index (χ0n) is 16.0. The van der Waals surface area contributed by atoms with Crippen LogP contribution in [0.5, 0.6) is 0 Å². The third kappa shape index (κ3) is 16.5. The van der Waals surface area contributed by atoms with E-state index in [1.807, 2.05) is 0 Å². The Morgan fingerprint density at radius 3 is 1.58 bits per heavy atom. The van der Waals surface area contributed by atoms with Crippen molar-refractivity contribution in [1.82, 2.24) is 0 Å². The van der Waals surface area contributed by atoms with Gasteiger partial charge in [-0.1, -0.05) is 83.3 Å². The van der Waals surface area contributed by atoms with Gasteiger partial charge >= 0.3 is 0 Å². The lowest BCUT2D eigenvalue weighted by molar-refractivity contribution is -0.0185. The predicted octanol–water partition coefficient (Wildman–Crippen LogP) is 5.13. The summed E-state index contributed by atoms with van der Waals surface area (Å²) in [7, 11) is 0. The third-order valence-electron chi connectivity index (χ3n) is 4.64. The normalized spacial score (nSPS) is 14.3. The van der Waals surface area contributed by atoms with Crippen molar-refractivity contribution in [2.45, 2.75) is 115 Å². The molecule has 3 nitrogen and oxygen atoms in total. The lowest BCUT2D eigenvalue weighted by atomic mass is 10.0. The second-order valence-electron chi connectivity index (χ2n) is 7.04. The molecule has 24 heavy (non-hydrogen) atoms. The van der Waals surface area contributed by atoms with Crippen molar-refractivity contribution < 1.29 is 15.3 Å². The minimum Gasteiger partial charge on any atom is -0.394 e. The second-order valence-corrected chi connectivity index (χ2v) is 7.04. The molecule has 0 fully saturated rings. The largest absolute Gasteiger partial charge is 0.394 e. The van der Waals surface area contributed by atoms with Crippen molar-refractivity contribution in [2.75, 3.05) is 6.61 Å². The fourth-order valence-corrected chi connectivity index (χ4v) is 2.92. The monoisotopic (exact) mass is 342 g/mol. The van der Waals surface area contributed by atoms with E-state index in [0.717, 1.165) is 12.8 Å². The first kappa shape index (κ1) is 23.6. The van der Waals surface area contributed by atoms with Gasteiger partial charge in [-0.3, -0.25) is 0 Å². The van der Waals surface area contributed by atoms with Gasteiger partial charge < -0.3 is 15.3 Å². The molecule has 0 aromatic heterocycles. The Labute approximate surface area is 150 Å². The Kier molecular flexibility index (Phi) is 18.7. The first-order chi connectivity index (χ1) is 11.7. The highest BCUT2D eigenvalue weighted by Crippen LogP contribution is 2.12. The molecule has 3 heteroatoms. The molecule has 2 unspecified atom stereocenters. The molecule has 0 aliphatic rings. The Bertz CT molecular complexity index is 266. The van der Waals surface area contributed by atoms with Crippen LogP contribution in [0.1, 0.15) is 103 Å². The molecule has 0 bridgehead atoms. The van der Waals surface area contributed by atoms with Gasteiger partial charge in [0.25, 0.3) is 0 Å². The molecule has 0 aromatic rings. The van der Waals surface area contributed by atoms with E-state index in [9.17, 15) is 10.2 Å². The van der Waals surface area contributed by atoms with E-state index < -0.39 is 12.2 Å². The van der Waals surface area contributed by atoms with Crippen LogP contribution in [0.2, 0.25) is 0 Å². The van der Waals surface area contributed by atoms with Crippen molar-refractivity contribution in [3.63, 3.8) is 0 Å². The average Bonchev–Trinajstić information content (AvgIpc) is 2.60. The number of aliphatic hydroxyl groups is 3. The fraction of sp³-hybridized carbons (Fsp3) is 0.905. The number of rotatable bonds is 18. The molecule has 0 rings (SSSR count). The smallest absolute Gasteiger partial charge is 0.103 e. The number of allylic oxidation sites excluding steroid dienone is 2. The molecule has 144 valence electrons. The van der Waals surface area contributed by atoms with Gasteiger partial charge in [0.1, 0.15) is 6.10 Å². The predicted molar refractivity (Wildman–Crippen MR) is 103 cm³/mol. The molecule has 2 atom stereocenters. The summed E-state index contributed by atoms with van der Waals surface area (Å²) >= 11 is 0. The van der Waals surface area contributed by atoms with Crippen LogP contribution in [-0.4, -0.2) is 34.1 Å². The zero-order valence-corrected chi connectivity index (χ0v) is 16.0. The van der Waals surface area contributed by atoms with Crippen LogP contribution in [0.15, 0.2) is 12.2 Å². The molecule has 0 saturated carbocycles. The van der Waals surface area contributed by atoms with E-state index in [2.05, 4.69) is 19.1 Å². The Hall–Kier alpha value is -0.380. The van der Waals surface area contributed by atoms with Gasteiger partial charge in [-0.15, -0.1) is 0 Å². The summed E-state index contributed by atoms with van der Waals surface area (Å²) in [4.78, 5) is 0. The van der Waals surface area contributed by atoms with Crippen molar-refractivity contribution in [3.8, 4) is 0 Å². The van der Waals surface area contributed by atoms with Gasteiger partial charge in [0.15, 0.2) is 0 Å². The second kappa shape index (κ2) is 19.0. The van der Waals surface area contributed by atoms with Crippen LogP contribution in [0.25, 0.3) is 0 Å². The minimum absolute atomic E-state index is 0.354. The maximum Gasteiger partial charge on any atom is 0.103 e. The van der Waals surface area contributed by atoms with Crippen LogP contribution in [-0.2, 0) is 0 Å².